The van der Waals surface area contributed by atoms with Crippen molar-refractivity contribution in [3.8, 4) is 0 Å². The van der Waals surface area contributed by atoms with E-state index in [0.29, 0.717) is 0 Å². The maximum atomic E-state index is 11.3. The van der Waals surface area contributed by atoms with Crippen LogP contribution in [-0.4, -0.2) is 35.3 Å². The summed E-state index contributed by atoms with van der Waals surface area (Å²) >= 11 is 0. The second-order valence-electron chi connectivity index (χ2n) is 3.22. The summed E-state index contributed by atoms with van der Waals surface area (Å²) in [7, 11) is 1.35. The second-order valence-corrected chi connectivity index (χ2v) is 3.22. The number of methoxy groups -OCH3 is 1. The van der Waals surface area contributed by atoms with Crippen LogP contribution in [0, 0.1) is 0 Å². The number of carbonyl (C=O) groups excluding carboxylic acids is 1. The highest BCUT2D eigenvalue weighted by Gasteiger charge is 2.37. The number of aliphatic hydroxyl groups excluding tert-OH is 1. The number of ketones is 1. The van der Waals surface area contributed by atoms with Crippen LogP contribution in [0.1, 0.15) is 12.8 Å². The van der Waals surface area contributed by atoms with Crippen molar-refractivity contribution in [2.24, 2.45) is 5.73 Å². The fourth-order valence-electron chi connectivity index (χ4n) is 1.41. The van der Waals surface area contributed by atoms with Gasteiger partial charge in [0, 0.05) is 12.8 Å². The monoisotopic (exact) mass is 187 g/mol. The van der Waals surface area contributed by atoms with Crippen molar-refractivity contribution in [3.05, 3.63) is 11.5 Å². The number of allylic oxidation sites excluding steroid dienone is 1. The van der Waals surface area contributed by atoms with Gasteiger partial charge in [0.15, 0.2) is 5.76 Å². The third kappa shape index (κ3) is 1.81. The van der Waals surface area contributed by atoms with Gasteiger partial charge in [0.05, 0.1) is 19.4 Å². The molecular formula is C8H13NO4. The van der Waals surface area contributed by atoms with Crippen LogP contribution >= 0.6 is 0 Å². The van der Waals surface area contributed by atoms with Gasteiger partial charge in [-0.1, -0.05) is 0 Å². The SMILES string of the molecule is COC1=C(N)CC(O)(CO)CC1=O. The molecule has 0 aromatic rings. The van der Waals surface area contributed by atoms with Crippen LogP contribution in [0.4, 0.5) is 0 Å². The first-order chi connectivity index (χ1) is 6.02. The quantitative estimate of drug-likeness (QED) is 0.509. The first-order valence-electron chi connectivity index (χ1n) is 3.91. The maximum Gasteiger partial charge on any atom is 0.202 e. The molecule has 1 atom stereocenters. The summed E-state index contributed by atoms with van der Waals surface area (Å²) in [4.78, 5) is 11.3. The van der Waals surface area contributed by atoms with Gasteiger partial charge in [-0.15, -0.1) is 0 Å². The number of rotatable bonds is 2. The number of hydrogen-bond donors (Lipinski definition) is 3. The zero-order valence-electron chi connectivity index (χ0n) is 7.41. The summed E-state index contributed by atoms with van der Waals surface area (Å²) in [5, 5.41) is 18.4. The normalized spacial score (nSPS) is 29.3. The number of carbonyl (C=O) groups is 1. The van der Waals surface area contributed by atoms with Gasteiger partial charge < -0.3 is 20.7 Å². The van der Waals surface area contributed by atoms with Gasteiger partial charge in [-0.25, -0.2) is 0 Å². The van der Waals surface area contributed by atoms with E-state index in [0.717, 1.165) is 0 Å². The lowest BCUT2D eigenvalue weighted by molar-refractivity contribution is -0.127. The molecule has 4 N–H and O–H groups in total. The molecule has 0 spiro atoms. The van der Waals surface area contributed by atoms with Crippen LogP contribution < -0.4 is 5.73 Å². The molecule has 0 amide bonds. The predicted molar refractivity (Wildman–Crippen MR) is 44.5 cm³/mol. The Hall–Kier alpha value is -1.07. The summed E-state index contributed by atoms with van der Waals surface area (Å²) in [6.07, 6.45) is -0.0776. The van der Waals surface area contributed by atoms with Gasteiger partial charge in [-0.2, -0.15) is 0 Å². The Balaban J connectivity index is 2.93. The lowest BCUT2D eigenvalue weighted by Gasteiger charge is -2.30. The number of Topliss-reactive ketones (excluding diaryl/α,β-unsaturated/α-hetero) is 1. The van der Waals surface area contributed by atoms with Crippen molar-refractivity contribution in [1.82, 2.24) is 0 Å². The van der Waals surface area contributed by atoms with E-state index in [1.807, 2.05) is 0 Å². The van der Waals surface area contributed by atoms with Crippen molar-refractivity contribution in [3.63, 3.8) is 0 Å². The zero-order valence-corrected chi connectivity index (χ0v) is 7.41. The second kappa shape index (κ2) is 3.35. The van der Waals surface area contributed by atoms with E-state index in [1.54, 1.807) is 0 Å². The molecule has 0 aromatic carbocycles. The van der Waals surface area contributed by atoms with Crippen molar-refractivity contribution in [2.45, 2.75) is 18.4 Å². The van der Waals surface area contributed by atoms with E-state index in [4.69, 9.17) is 15.6 Å². The van der Waals surface area contributed by atoms with E-state index in [1.165, 1.54) is 7.11 Å². The van der Waals surface area contributed by atoms with Crippen LogP contribution in [0.25, 0.3) is 0 Å². The Morgan fingerprint density at radius 3 is 2.62 bits per heavy atom. The van der Waals surface area contributed by atoms with E-state index in [2.05, 4.69) is 0 Å². The molecule has 1 aliphatic carbocycles. The van der Waals surface area contributed by atoms with Crippen LogP contribution in [0.5, 0.6) is 0 Å². The lowest BCUT2D eigenvalue weighted by atomic mass is 9.86. The smallest absolute Gasteiger partial charge is 0.202 e. The Kier molecular flexibility index (Phi) is 2.58. The zero-order chi connectivity index (χ0) is 10.1. The van der Waals surface area contributed by atoms with Crippen molar-refractivity contribution in [1.29, 1.82) is 0 Å². The van der Waals surface area contributed by atoms with E-state index in [9.17, 15) is 9.90 Å². The molecule has 0 aliphatic heterocycles. The van der Waals surface area contributed by atoms with Crippen LogP contribution in [0.2, 0.25) is 0 Å². The molecule has 0 saturated carbocycles. The topological polar surface area (TPSA) is 92.8 Å². The predicted octanol–water partition coefficient (Wildman–Crippen LogP) is -1.11. The van der Waals surface area contributed by atoms with Gasteiger partial charge >= 0.3 is 0 Å². The van der Waals surface area contributed by atoms with Crippen LogP contribution in [0.3, 0.4) is 0 Å². The molecule has 0 aromatic heterocycles. The lowest BCUT2D eigenvalue weighted by Crippen LogP contribution is -2.42. The summed E-state index contributed by atoms with van der Waals surface area (Å²) in [6.45, 7) is -0.476. The molecule has 0 fully saturated rings. The molecule has 0 saturated heterocycles. The Morgan fingerprint density at radius 1 is 1.62 bits per heavy atom. The molecule has 5 heteroatoms. The third-order valence-electron chi connectivity index (χ3n) is 2.05. The summed E-state index contributed by atoms with van der Waals surface area (Å²) in [5.41, 5.74) is 4.27. The first kappa shape index (κ1) is 10.0. The molecule has 74 valence electrons. The number of ether oxygens (including phenoxy) is 1. The first-order valence-corrected chi connectivity index (χ1v) is 3.91. The van der Waals surface area contributed by atoms with Gasteiger partial charge in [0.25, 0.3) is 0 Å². The fourth-order valence-corrected chi connectivity index (χ4v) is 1.41. The molecule has 13 heavy (non-hydrogen) atoms. The minimum Gasteiger partial charge on any atom is -0.491 e. The van der Waals surface area contributed by atoms with E-state index >= 15 is 0 Å². The van der Waals surface area contributed by atoms with Gasteiger partial charge in [0.2, 0.25) is 5.78 Å². The third-order valence-corrected chi connectivity index (χ3v) is 2.05. The van der Waals surface area contributed by atoms with Crippen LogP contribution in [-0.2, 0) is 9.53 Å². The summed E-state index contributed by atoms with van der Waals surface area (Å²) < 4.78 is 4.77. The van der Waals surface area contributed by atoms with Gasteiger partial charge in [0.1, 0.15) is 5.60 Å². The van der Waals surface area contributed by atoms with Crippen molar-refractivity contribution >= 4 is 5.78 Å². The Morgan fingerprint density at radius 2 is 2.23 bits per heavy atom. The largest absolute Gasteiger partial charge is 0.491 e. The standard InChI is InChI=1S/C8H13NO4/c1-13-7-5(9)2-8(12,4-10)3-6(7)11/h10,12H,2-4,9H2,1H3. The molecular weight excluding hydrogens is 174 g/mol. The Labute approximate surface area is 75.8 Å². The van der Waals surface area contributed by atoms with E-state index < -0.39 is 12.2 Å². The average Bonchev–Trinajstić information content (AvgIpc) is 2.03. The summed E-state index contributed by atoms with van der Waals surface area (Å²) in [5.74, 6) is -0.277. The average molecular weight is 187 g/mol. The van der Waals surface area contributed by atoms with Gasteiger partial charge in [-0.3, -0.25) is 4.79 Å². The molecule has 1 aliphatic rings. The number of nitrogens with two attached hydrogens (primary N) is 1. The van der Waals surface area contributed by atoms with Gasteiger partial charge in [-0.05, 0) is 0 Å². The minimum atomic E-state index is -1.41. The highest BCUT2D eigenvalue weighted by Crippen LogP contribution is 2.27. The van der Waals surface area contributed by atoms with Crippen molar-refractivity contribution < 1.29 is 19.7 Å². The molecule has 0 radical (unpaired) electrons. The number of hydrogen-bond acceptors (Lipinski definition) is 5. The highest BCUT2D eigenvalue weighted by molar-refractivity contribution is 5.95. The molecule has 0 heterocycles. The maximum absolute atomic E-state index is 11.3. The highest BCUT2D eigenvalue weighted by atomic mass is 16.5. The van der Waals surface area contributed by atoms with Crippen LogP contribution in [0.15, 0.2) is 11.5 Å². The van der Waals surface area contributed by atoms with Crippen molar-refractivity contribution in [2.75, 3.05) is 13.7 Å². The van der Waals surface area contributed by atoms with E-state index in [-0.39, 0.29) is 30.1 Å². The minimum absolute atomic E-state index is 0.0679. The number of aliphatic hydroxyl groups is 2. The Bertz CT molecular complexity index is 261. The molecule has 1 rings (SSSR count). The fraction of sp³-hybridized carbons (Fsp3) is 0.625. The molecule has 1 unspecified atom stereocenters. The molecule has 5 nitrogen and oxygen atoms in total. The molecule has 0 bridgehead atoms. The summed E-state index contributed by atoms with van der Waals surface area (Å²) in [6, 6.07) is 0.